The summed E-state index contributed by atoms with van der Waals surface area (Å²) < 4.78 is 0. The van der Waals surface area contributed by atoms with Crippen LogP contribution in [0.3, 0.4) is 0 Å². The van der Waals surface area contributed by atoms with Crippen molar-refractivity contribution in [1.29, 1.82) is 0 Å². The molecule has 0 spiro atoms. The summed E-state index contributed by atoms with van der Waals surface area (Å²) in [6.07, 6.45) is -0.884. The summed E-state index contributed by atoms with van der Waals surface area (Å²) in [4.78, 5) is 184. The van der Waals surface area contributed by atoms with Crippen molar-refractivity contribution in [2.75, 3.05) is 26.2 Å². The number of nitrogens with one attached hydrogen (secondary N) is 5. The first-order chi connectivity index (χ1) is 46.9. The highest BCUT2D eigenvalue weighted by molar-refractivity contribution is 6.00. The maximum Gasteiger partial charge on any atom is 0.306 e. The van der Waals surface area contributed by atoms with Gasteiger partial charge in [-0.3, -0.25) is 67.3 Å². The molecule has 99 heavy (non-hydrogen) atoms. The molecule has 2 aromatic carbocycles. The summed E-state index contributed by atoms with van der Waals surface area (Å²) in [6, 6.07) is 11.1. The molecule has 13 atom stereocenters. The number of unbranched alkanes of at least 4 members (excludes halogenated alkanes) is 2. The van der Waals surface area contributed by atoms with Gasteiger partial charge in [0, 0.05) is 75.2 Å². The Balaban J connectivity index is 2.49. The van der Waals surface area contributed by atoms with Crippen molar-refractivity contribution in [2.45, 2.75) is 214 Å². The molecule has 0 saturated heterocycles. The molecular weight excluding hydrogens is 1270 g/mol. The van der Waals surface area contributed by atoms with Crippen LogP contribution in [0.1, 0.15) is 182 Å². The van der Waals surface area contributed by atoms with Gasteiger partial charge >= 0.3 is 11.9 Å². The number of aliphatic hydroxyl groups excluding tert-OH is 1. The Labute approximate surface area is 582 Å². The fourth-order valence-electron chi connectivity index (χ4n) is 11.8. The fourth-order valence-corrected chi connectivity index (χ4v) is 11.8. The number of ketones is 5. The first-order valence-corrected chi connectivity index (χ1v) is 34.9. The highest BCUT2D eigenvalue weighted by Crippen LogP contribution is 2.26. The fraction of sp³-hybridized carbons (Fsp3) is 0.639. The Hall–Kier alpha value is -8.30. The van der Waals surface area contributed by atoms with Crippen LogP contribution >= 0.6 is 0 Å². The number of nitrogens with two attached hydrogens (primary N) is 5. The minimum Gasteiger partial charge on any atom is -0.481 e. The standard InChI is InChI=1S/C72H113N11O16/c1-8-44(5)53(41-61(88)57(42-84)82-67(94)49(25-16-18-30-73)36-58(85)55(27-20-32-78-72(76)77)79-66(93)46(7)34-47-21-12-10-13-22-47)70(97)83-65(45(6)9-2)62(89)38-51(40-63(75)90)69(96)81-56(35-48-23-14-11-15-24-48)60(87)37-50(28-29-64(91)92)68(95)80-54(26-17-19-31-74)59(86)39-52(71(98)99)33-43(3)4/h10-15,21-24,43-46,49-57,65,84H,8-9,16-20,25-42,73-74H2,1-7H3,(H2,75,90)(H,79,93)(H,80,95)(H,81,96)(H,82,94)(H,83,97)(H,91,92)(H,98,99)(H4,76,77,78)/t44-,45-,46-,49+,50+,51-,52+,53?,54-,55-,56-,57-,65-/m0/s1. The van der Waals surface area contributed by atoms with Crippen LogP contribution in [-0.4, -0.2) is 154 Å². The van der Waals surface area contributed by atoms with E-state index in [-0.39, 0.29) is 82.4 Å². The molecule has 0 fully saturated rings. The van der Waals surface area contributed by atoms with Crippen LogP contribution in [-0.2, 0) is 75.2 Å². The van der Waals surface area contributed by atoms with Gasteiger partial charge in [-0.1, -0.05) is 128 Å². The maximum atomic E-state index is 14.7. The van der Waals surface area contributed by atoms with Gasteiger partial charge < -0.3 is 70.6 Å². The number of nitrogens with zero attached hydrogens (tertiary/aromatic N) is 1. The zero-order valence-electron chi connectivity index (χ0n) is 59.0. The number of aliphatic imine (C=N–C) groups is 1. The van der Waals surface area contributed by atoms with Gasteiger partial charge in [-0.15, -0.1) is 0 Å². The van der Waals surface area contributed by atoms with Gasteiger partial charge in [0.25, 0.3) is 0 Å². The molecule has 0 bridgehead atoms. The van der Waals surface area contributed by atoms with Crippen molar-refractivity contribution in [1.82, 2.24) is 26.6 Å². The molecular formula is C72H113N11O16. The number of Topliss-reactive ketones (excluding diaryl/α,β-unsaturated/α-hetero) is 5. The SMILES string of the molecule is CC[C@H](C)C(CC(=O)[C@H](CO)NC(=O)[C@H](CCCCN)CC(=O)[C@H](CCCN=C(N)N)NC(=O)[C@@H](C)Cc1ccccc1)C(=O)N[C@H](C(=O)C[C@@H](CC(N)=O)C(=O)N[C@@H](Cc1ccccc1)C(=O)C[C@@H](CCC(=O)O)C(=O)N[C@@H](CCCCN)C(=O)C[C@@H](CC(C)C)C(=O)O)[C@@H](C)CC. The molecule has 0 heterocycles. The van der Waals surface area contributed by atoms with E-state index in [1.165, 1.54) is 0 Å². The molecule has 2 aromatic rings. The van der Waals surface area contributed by atoms with E-state index in [0.717, 1.165) is 5.56 Å². The number of carbonyl (C=O) groups is 13. The largest absolute Gasteiger partial charge is 0.481 e. The van der Waals surface area contributed by atoms with Crippen LogP contribution in [0.4, 0.5) is 0 Å². The first kappa shape index (κ1) is 86.8. The molecule has 2 rings (SSSR count). The summed E-state index contributed by atoms with van der Waals surface area (Å²) in [5, 5.41) is 44.0. The van der Waals surface area contributed by atoms with E-state index in [4.69, 9.17) is 28.7 Å². The third kappa shape index (κ3) is 33.4. The van der Waals surface area contributed by atoms with Gasteiger partial charge in [-0.25, -0.2) is 0 Å². The summed E-state index contributed by atoms with van der Waals surface area (Å²) in [7, 11) is 0. The maximum absolute atomic E-state index is 14.7. The number of carbonyl (C=O) groups excluding carboxylic acids is 11. The van der Waals surface area contributed by atoms with Crippen molar-refractivity contribution in [3.8, 4) is 0 Å². The van der Waals surface area contributed by atoms with Crippen LogP contribution in [0, 0.1) is 53.3 Å². The second-order valence-electron chi connectivity index (χ2n) is 26.8. The predicted molar refractivity (Wildman–Crippen MR) is 374 cm³/mol. The molecule has 0 aliphatic rings. The normalized spacial score (nSPS) is 15.3. The zero-order valence-corrected chi connectivity index (χ0v) is 59.0. The Morgan fingerprint density at radius 2 is 0.919 bits per heavy atom. The molecule has 0 radical (unpaired) electrons. The molecule has 0 aliphatic carbocycles. The minimum atomic E-state index is -1.55. The number of aliphatic hydroxyl groups is 1. The van der Waals surface area contributed by atoms with Crippen LogP contribution in [0.5, 0.6) is 0 Å². The Morgan fingerprint density at radius 3 is 1.41 bits per heavy atom. The lowest BCUT2D eigenvalue weighted by atomic mass is 9.83. The van der Waals surface area contributed by atoms with Crippen molar-refractivity contribution in [3.63, 3.8) is 0 Å². The molecule has 1 unspecified atom stereocenters. The van der Waals surface area contributed by atoms with Crippen molar-refractivity contribution >= 4 is 82.3 Å². The number of guanidine groups is 1. The van der Waals surface area contributed by atoms with Gasteiger partial charge in [0.15, 0.2) is 34.9 Å². The van der Waals surface area contributed by atoms with E-state index in [9.17, 15) is 77.6 Å². The van der Waals surface area contributed by atoms with Crippen LogP contribution < -0.4 is 55.3 Å². The number of hydrogen-bond donors (Lipinski definition) is 13. The number of aliphatic carboxylic acids is 2. The molecule has 0 saturated carbocycles. The van der Waals surface area contributed by atoms with Crippen molar-refractivity contribution in [2.24, 2.45) is 86.9 Å². The van der Waals surface area contributed by atoms with Gasteiger partial charge in [0.05, 0.1) is 42.6 Å². The number of hydrogen-bond acceptors (Lipinski definition) is 17. The highest BCUT2D eigenvalue weighted by Gasteiger charge is 2.39. The zero-order chi connectivity index (χ0) is 74.3. The summed E-state index contributed by atoms with van der Waals surface area (Å²) in [5.41, 5.74) is 29.7. The number of rotatable bonds is 54. The lowest BCUT2D eigenvalue weighted by Crippen LogP contribution is -2.52. The predicted octanol–water partition coefficient (Wildman–Crippen LogP) is 3.68. The third-order valence-corrected chi connectivity index (χ3v) is 18.1. The number of primary amides is 1. The van der Waals surface area contributed by atoms with E-state index in [0.29, 0.717) is 56.9 Å². The molecule has 27 heteroatoms. The third-order valence-electron chi connectivity index (χ3n) is 18.1. The summed E-state index contributed by atoms with van der Waals surface area (Å²) >= 11 is 0. The van der Waals surface area contributed by atoms with Crippen LogP contribution in [0.2, 0.25) is 0 Å². The quantitative estimate of drug-likeness (QED) is 0.0255. The van der Waals surface area contributed by atoms with Crippen molar-refractivity contribution in [3.05, 3.63) is 71.8 Å². The number of benzene rings is 2. The molecule has 18 N–H and O–H groups in total. The van der Waals surface area contributed by atoms with Crippen LogP contribution in [0.25, 0.3) is 0 Å². The molecule has 0 aliphatic heterocycles. The van der Waals surface area contributed by atoms with Crippen molar-refractivity contribution < 1.29 is 77.6 Å². The Bertz CT molecular complexity index is 2960. The van der Waals surface area contributed by atoms with E-state index in [1.54, 1.807) is 78.8 Å². The molecule has 27 nitrogen and oxygen atoms in total. The number of carboxylic acid groups (broad SMARTS) is 2. The van der Waals surface area contributed by atoms with Gasteiger partial charge in [0.2, 0.25) is 35.4 Å². The molecule has 6 amide bonds. The smallest absolute Gasteiger partial charge is 0.306 e. The van der Waals surface area contributed by atoms with Gasteiger partial charge in [-0.2, -0.15) is 0 Å². The monoisotopic (exact) mass is 1390 g/mol. The number of carboxylic acids is 2. The summed E-state index contributed by atoms with van der Waals surface area (Å²) in [6.45, 7) is 12.0. The van der Waals surface area contributed by atoms with Gasteiger partial charge in [-0.05, 0) is 113 Å². The molecule has 552 valence electrons. The van der Waals surface area contributed by atoms with E-state index in [2.05, 4.69) is 31.6 Å². The second-order valence-corrected chi connectivity index (χ2v) is 26.8. The Morgan fingerprint density at radius 1 is 0.465 bits per heavy atom. The average molecular weight is 1390 g/mol. The van der Waals surface area contributed by atoms with E-state index in [1.807, 2.05) is 30.3 Å². The van der Waals surface area contributed by atoms with E-state index < -0.39 is 193 Å². The van der Waals surface area contributed by atoms with E-state index >= 15 is 0 Å². The lowest BCUT2D eigenvalue weighted by molar-refractivity contribution is -0.144. The number of amides is 6. The highest BCUT2D eigenvalue weighted by atomic mass is 16.4. The first-order valence-electron chi connectivity index (χ1n) is 34.9. The Kier molecular flexibility index (Phi) is 41.1. The minimum absolute atomic E-state index is 0.0729. The summed E-state index contributed by atoms with van der Waals surface area (Å²) in [5.74, 6) is -18.5. The lowest BCUT2D eigenvalue weighted by Gasteiger charge is -2.30. The topological polar surface area (TPSA) is 485 Å². The average Bonchev–Trinajstić information content (AvgIpc) is 0.855. The van der Waals surface area contributed by atoms with Crippen LogP contribution in [0.15, 0.2) is 65.7 Å². The molecule has 0 aromatic heterocycles. The van der Waals surface area contributed by atoms with Gasteiger partial charge in [0.1, 0.15) is 6.04 Å². The second kappa shape index (κ2) is 46.9.